The molecule has 0 saturated carbocycles. The Hall–Kier alpha value is -3.91. The fourth-order valence-corrected chi connectivity index (χ4v) is 4.01. The molecule has 35 heavy (non-hydrogen) atoms. The smallest absolute Gasteiger partial charge is 0.335 e. The van der Waals surface area contributed by atoms with Crippen LogP contribution in [0.4, 0.5) is 10.5 Å². The topological polar surface area (TPSA) is 84.9 Å². The number of urea groups is 1. The first kappa shape index (κ1) is 24.2. The van der Waals surface area contributed by atoms with E-state index in [0.717, 1.165) is 20.5 Å². The number of nitrogens with zero attached hydrogens (tertiary/aromatic N) is 1. The van der Waals surface area contributed by atoms with Gasteiger partial charge in [-0.05, 0) is 68.0 Å². The fraction of sp³-hybridized carbons (Fsp3) is 0.148. The summed E-state index contributed by atoms with van der Waals surface area (Å²) in [6, 6.07) is 18.9. The molecule has 0 aromatic heterocycles. The molecule has 1 heterocycles. The molecule has 1 N–H and O–H groups in total. The van der Waals surface area contributed by atoms with Crippen LogP contribution in [0.5, 0.6) is 11.5 Å². The number of imide groups is 2. The van der Waals surface area contributed by atoms with Crippen molar-refractivity contribution in [1.82, 2.24) is 5.32 Å². The first-order valence-electron chi connectivity index (χ1n) is 11.0. The van der Waals surface area contributed by atoms with E-state index in [9.17, 15) is 14.4 Å². The predicted octanol–water partition coefficient (Wildman–Crippen LogP) is 5.40. The van der Waals surface area contributed by atoms with E-state index in [1.54, 1.807) is 36.4 Å². The van der Waals surface area contributed by atoms with Gasteiger partial charge in [-0.15, -0.1) is 0 Å². The first-order chi connectivity index (χ1) is 16.9. The molecule has 4 amide bonds. The lowest BCUT2D eigenvalue weighted by Crippen LogP contribution is -2.54. The number of amides is 4. The number of nitrogens with one attached hydrogen (secondary N) is 1. The molecule has 0 spiro atoms. The van der Waals surface area contributed by atoms with Crippen molar-refractivity contribution in [2.24, 2.45) is 0 Å². The van der Waals surface area contributed by atoms with Gasteiger partial charge in [0.2, 0.25) is 0 Å². The zero-order valence-electron chi connectivity index (χ0n) is 19.2. The van der Waals surface area contributed by atoms with Gasteiger partial charge in [-0.2, -0.15) is 0 Å². The maximum atomic E-state index is 13.3. The normalized spacial score (nSPS) is 14.8. The molecule has 0 bridgehead atoms. The highest BCUT2D eigenvalue weighted by atomic mass is 79.9. The second-order valence-electron chi connectivity index (χ2n) is 7.84. The van der Waals surface area contributed by atoms with E-state index >= 15 is 0 Å². The minimum atomic E-state index is -0.813. The number of rotatable bonds is 7. The summed E-state index contributed by atoms with van der Waals surface area (Å²) in [5.74, 6) is -0.399. The third-order valence-corrected chi connectivity index (χ3v) is 5.75. The van der Waals surface area contributed by atoms with Gasteiger partial charge in [-0.1, -0.05) is 45.8 Å². The zero-order chi connectivity index (χ0) is 24.9. The highest BCUT2D eigenvalue weighted by molar-refractivity contribution is 9.10. The van der Waals surface area contributed by atoms with Crippen LogP contribution >= 0.6 is 15.9 Å². The predicted molar refractivity (Wildman–Crippen MR) is 136 cm³/mol. The van der Waals surface area contributed by atoms with Crippen LogP contribution < -0.4 is 19.7 Å². The van der Waals surface area contributed by atoms with Crippen LogP contribution in [-0.2, 0) is 16.2 Å². The van der Waals surface area contributed by atoms with Crippen molar-refractivity contribution in [3.05, 3.63) is 93.5 Å². The Morgan fingerprint density at radius 1 is 0.971 bits per heavy atom. The van der Waals surface area contributed by atoms with Gasteiger partial charge in [0.1, 0.15) is 23.7 Å². The third-order valence-electron chi connectivity index (χ3n) is 5.26. The molecule has 0 unspecified atom stereocenters. The lowest BCUT2D eigenvalue weighted by atomic mass is 10.1. The standard InChI is InChI=1S/C27H23BrN2O5/c1-3-34-22-10-8-21(9-11-22)30-26(32)23(25(31)29-27(30)33)15-19-14-20(28)7-12-24(19)35-16-18-6-4-5-17(2)13-18/h4-15H,3,16H2,1-2H3,(H,29,31,33)/b23-15+. The quantitative estimate of drug-likeness (QED) is 0.324. The van der Waals surface area contributed by atoms with Gasteiger partial charge >= 0.3 is 6.03 Å². The first-order valence-corrected chi connectivity index (χ1v) is 11.8. The van der Waals surface area contributed by atoms with Crippen LogP contribution in [-0.4, -0.2) is 24.5 Å². The summed E-state index contributed by atoms with van der Waals surface area (Å²) in [5, 5.41) is 2.24. The molecular weight excluding hydrogens is 512 g/mol. The van der Waals surface area contributed by atoms with E-state index in [1.807, 2.05) is 44.2 Å². The summed E-state index contributed by atoms with van der Waals surface area (Å²) in [5.41, 5.74) is 2.76. The average Bonchev–Trinajstić information content (AvgIpc) is 2.82. The van der Waals surface area contributed by atoms with Crippen molar-refractivity contribution >= 4 is 45.5 Å². The van der Waals surface area contributed by atoms with Gasteiger partial charge < -0.3 is 9.47 Å². The summed E-state index contributed by atoms with van der Waals surface area (Å²) in [6.07, 6.45) is 1.43. The second kappa shape index (κ2) is 10.6. The number of carbonyl (C=O) groups is 3. The molecule has 4 rings (SSSR count). The molecule has 0 aliphatic carbocycles. The molecule has 1 fully saturated rings. The Labute approximate surface area is 211 Å². The number of hydrogen-bond donors (Lipinski definition) is 1. The van der Waals surface area contributed by atoms with Crippen molar-refractivity contribution in [3.63, 3.8) is 0 Å². The molecular formula is C27H23BrN2O5. The minimum Gasteiger partial charge on any atom is -0.494 e. The lowest BCUT2D eigenvalue weighted by Gasteiger charge is -2.26. The molecule has 0 radical (unpaired) electrons. The Balaban J connectivity index is 1.64. The number of ether oxygens (including phenoxy) is 2. The molecule has 7 nitrogen and oxygen atoms in total. The molecule has 1 saturated heterocycles. The monoisotopic (exact) mass is 534 g/mol. The number of hydrogen-bond acceptors (Lipinski definition) is 5. The van der Waals surface area contributed by atoms with Crippen molar-refractivity contribution in [2.75, 3.05) is 11.5 Å². The molecule has 3 aromatic rings. The van der Waals surface area contributed by atoms with Gasteiger partial charge in [0.25, 0.3) is 11.8 Å². The van der Waals surface area contributed by atoms with Crippen LogP contribution in [0.2, 0.25) is 0 Å². The van der Waals surface area contributed by atoms with Crippen molar-refractivity contribution < 1.29 is 23.9 Å². The fourth-order valence-electron chi connectivity index (χ4n) is 3.63. The van der Waals surface area contributed by atoms with Crippen LogP contribution in [0.15, 0.2) is 76.8 Å². The average molecular weight is 535 g/mol. The highest BCUT2D eigenvalue weighted by Gasteiger charge is 2.37. The van der Waals surface area contributed by atoms with Gasteiger partial charge in [-0.25, -0.2) is 9.69 Å². The largest absolute Gasteiger partial charge is 0.494 e. The van der Waals surface area contributed by atoms with Crippen LogP contribution in [0.25, 0.3) is 6.08 Å². The Morgan fingerprint density at radius 2 is 1.74 bits per heavy atom. The summed E-state index contributed by atoms with van der Waals surface area (Å²) in [4.78, 5) is 39.3. The Bertz CT molecular complexity index is 1320. The van der Waals surface area contributed by atoms with Gasteiger partial charge in [-0.3, -0.25) is 14.9 Å². The zero-order valence-corrected chi connectivity index (χ0v) is 20.8. The van der Waals surface area contributed by atoms with E-state index in [1.165, 1.54) is 6.08 Å². The van der Waals surface area contributed by atoms with E-state index in [2.05, 4.69) is 21.2 Å². The van der Waals surface area contributed by atoms with Gasteiger partial charge in [0.15, 0.2) is 0 Å². The second-order valence-corrected chi connectivity index (χ2v) is 8.76. The summed E-state index contributed by atoms with van der Waals surface area (Å²) in [7, 11) is 0. The van der Waals surface area contributed by atoms with Crippen molar-refractivity contribution in [2.45, 2.75) is 20.5 Å². The lowest BCUT2D eigenvalue weighted by molar-refractivity contribution is -0.122. The maximum Gasteiger partial charge on any atom is 0.335 e. The van der Waals surface area contributed by atoms with Crippen LogP contribution in [0, 0.1) is 6.92 Å². The number of anilines is 1. The number of halogens is 1. The van der Waals surface area contributed by atoms with Crippen LogP contribution in [0.1, 0.15) is 23.6 Å². The maximum absolute atomic E-state index is 13.3. The Kier molecular flexibility index (Phi) is 7.31. The third kappa shape index (κ3) is 5.60. The molecule has 3 aromatic carbocycles. The van der Waals surface area contributed by atoms with Gasteiger partial charge in [0, 0.05) is 10.0 Å². The molecule has 1 aliphatic heterocycles. The number of barbiturate groups is 1. The summed E-state index contributed by atoms with van der Waals surface area (Å²) >= 11 is 3.43. The SMILES string of the molecule is CCOc1ccc(N2C(=O)NC(=O)/C(=C\c3cc(Br)ccc3OCc3cccc(C)c3)C2=O)cc1. The van der Waals surface area contributed by atoms with Crippen molar-refractivity contribution in [1.29, 1.82) is 0 Å². The van der Waals surface area contributed by atoms with Crippen LogP contribution in [0.3, 0.4) is 0 Å². The van der Waals surface area contributed by atoms with E-state index in [4.69, 9.17) is 9.47 Å². The molecule has 0 atom stereocenters. The van der Waals surface area contributed by atoms with Crippen molar-refractivity contribution in [3.8, 4) is 11.5 Å². The van der Waals surface area contributed by atoms with E-state index in [0.29, 0.717) is 36.0 Å². The Morgan fingerprint density at radius 3 is 2.46 bits per heavy atom. The number of carbonyl (C=O) groups excluding carboxylic acids is 3. The molecule has 178 valence electrons. The molecule has 1 aliphatic rings. The molecule has 8 heteroatoms. The summed E-state index contributed by atoms with van der Waals surface area (Å²) < 4.78 is 12.2. The van der Waals surface area contributed by atoms with Gasteiger partial charge in [0.05, 0.1) is 12.3 Å². The minimum absolute atomic E-state index is 0.183. The number of aryl methyl sites for hydroxylation is 1. The number of benzene rings is 3. The van der Waals surface area contributed by atoms with E-state index < -0.39 is 17.8 Å². The highest BCUT2D eigenvalue weighted by Crippen LogP contribution is 2.29. The summed E-state index contributed by atoms with van der Waals surface area (Å²) in [6.45, 7) is 4.67. The van der Waals surface area contributed by atoms with E-state index in [-0.39, 0.29) is 5.57 Å².